The highest BCUT2D eigenvalue weighted by molar-refractivity contribution is 8.01. The Bertz CT molecular complexity index is 290. The van der Waals surface area contributed by atoms with E-state index in [9.17, 15) is 8.42 Å². The van der Waals surface area contributed by atoms with Crippen molar-refractivity contribution in [2.75, 3.05) is 30.3 Å². The fourth-order valence-electron chi connectivity index (χ4n) is 1.72. The van der Waals surface area contributed by atoms with Crippen molar-refractivity contribution in [3.63, 3.8) is 0 Å². The zero-order valence-electron chi connectivity index (χ0n) is 9.35. The highest BCUT2D eigenvalue weighted by Gasteiger charge is 2.32. The summed E-state index contributed by atoms with van der Waals surface area (Å²) in [4.78, 5) is 2.01. The van der Waals surface area contributed by atoms with Gasteiger partial charge in [-0.3, -0.25) is 4.90 Å². The van der Waals surface area contributed by atoms with Crippen LogP contribution in [0.4, 0.5) is 0 Å². The Morgan fingerprint density at radius 2 is 2.27 bits per heavy atom. The Morgan fingerprint density at radius 3 is 2.80 bits per heavy atom. The summed E-state index contributed by atoms with van der Waals surface area (Å²) >= 11 is 1.71. The predicted octanol–water partition coefficient (Wildman–Crippen LogP) is 0.143. The normalized spacial score (nSPS) is 26.5. The van der Waals surface area contributed by atoms with Crippen molar-refractivity contribution in [2.24, 2.45) is 5.73 Å². The average Bonchev–Trinajstić information content (AvgIpc) is 2.17. The number of nitrogens with zero attached hydrogens (tertiary/aromatic N) is 1. The minimum Gasteiger partial charge on any atom is -0.327 e. The van der Waals surface area contributed by atoms with E-state index >= 15 is 0 Å². The third-order valence-electron chi connectivity index (χ3n) is 2.53. The van der Waals surface area contributed by atoms with Crippen molar-refractivity contribution < 1.29 is 8.42 Å². The number of thioether (sulfide) groups is 1. The zero-order valence-corrected chi connectivity index (χ0v) is 11.0. The molecule has 15 heavy (non-hydrogen) atoms. The van der Waals surface area contributed by atoms with Crippen LogP contribution in [0.2, 0.25) is 0 Å². The van der Waals surface area contributed by atoms with Gasteiger partial charge in [-0.25, -0.2) is 8.42 Å². The van der Waals surface area contributed by atoms with Crippen LogP contribution in [0.25, 0.3) is 0 Å². The molecule has 2 unspecified atom stereocenters. The first-order valence-electron chi connectivity index (χ1n) is 5.26. The third kappa shape index (κ3) is 3.62. The van der Waals surface area contributed by atoms with Crippen LogP contribution in [0.15, 0.2) is 0 Å². The van der Waals surface area contributed by atoms with E-state index in [1.165, 1.54) is 0 Å². The van der Waals surface area contributed by atoms with Crippen LogP contribution in [0, 0.1) is 0 Å². The molecule has 2 N–H and O–H groups in total. The molecule has 0 bridgehead atoms. The Morgan fingerprint density at radius 1 is 1.60 bits per heavy atom. The lowest BCUT2D eigenvalue weighted by molar-refractivity contribution is 0.257. The number of nitrogens with two attached hydrogens (primary N) is 1. The minimum atomic E-state index is -2.97. The number of hydrogen-bond donors (Lipinski definition) is 1. The first-order valence-corrected chi connectivity index (χ1v) is 8.13. The summed E-state index contributed by atoms with van der Waals surface area (Å²) in [5.41, 5.74) is 5.73. The maximum Gasteiger partial charge on any atom is 0.166 e. The van der Waals surface area contributed by atoms with Gasteiger partial charge in [-0.1, -0.05) is 6.92 Å². The van der Waals surface area contributed by atoms with Gasteiger partial charge in [0, 0.05) is 36.4 Å². The van der Waals surface area contributed by atoms with Gasteiger partial charge in [-0.15, -0.1) is 0 Å². The molecule has 0 aromatic heterocycles. The highest BCUT2D eigenvalue weighted by atomic mass is 32.2. The van der Waals surface area contributed by atoms with E-state index in [2.05, 4.69) is 0 Å². The van der Waals surface area contributed by atoms with Crippen molar-refractivity contribution in [1.29, 1.82) is 0 Å². The lowest BCUT2D eigenvalue weighted by Gasteiger charge is -2.35. The predicted molar refractivity (Wildman–Crippen MR) is 65.8 cm³/mol. The lowest BCUT2D eigenvalue weighted by atomic mass is 10.3. The Labute approximate surface area is 96.5 Å². The monoisotopic (exact) mass is 252 g/mol. The third-order valence-corrected chi connectivity index (χ3v) is 5.86. The Balaban J connectivity index is 2.74. The van der Waals surface area contributed by atoms with Crippen LogP contribution in [-0.2, 0) is 9.84 Å². The van der Waals surface area contributed by atoms with Crippen LogP contribution in [-0.4, -0.2) is 55.1 Å². The summed E-state index contributed by atoms with van der Waals surface area (Å²) in [6.45, 7) is 5.12. The van der Waals surface area contributed by atoms with E-state index in [-0.39, 0.29) is 17.2 Å². The van der Waals surface area contributed by atoms with Gasteiger partial charge in [0.15, 0.2) is 9.84 Å². The molecule has 1 heterocycles. The molecule has 0 aromatic carbocycles. The van der Waals surface area contributed by atoms with E-state index in [1.54, 1.807) is 18.7 Å². The molecule has 0 aromatic rings. The zero-order chi connectivity index (χ0) is 11.5. The summed E-state index contributed by atoms with van der Waals surface area (Å²) < 4.78 is 23.7. The summed E-state index contributed by atoms with van der Waals surface area (Å²) in [6, 6.07) is 0.0302. The first kappa shape index (κ1) is 13.3. The molecule has 0 spiro atoms. The summed E-state index contributed by atoms with van der Waals surface area (Å²) in [5, 5.41) is -0.327. The maximum absolute atomic E-state index is 11.9. The van der Waals surface area contributed by atoms with Crippen LogP contribution < -0.4 is 5.73 Å². The van der Waals surface area contributed by atoms with Crippen molar-refractivity contribution in [2.45, 2.75) is 25.3 Å². The van der Waals surface area contributed by atoms with Crippen molar-refractivity contribution in [1.82, 2.24) is 4.90 Å². The first-order chi connectivity index (χ1) is 6.97. The SMILES string of the molecule is CCS(=O)(=O)C1CSCCN1CC(C)N. The van der Waals surface area contributed by atoms with Crippen LogP contribution in [0.5, 0.6) is 0 Å². The molecule has 90 valence electrons. The van der Waals surface area contributed by atoms with E-state index in [0.29, 0.717) is 12.3 Å². The molecule has 6 heteroatoms. The Kier molecular flexibility index (Phi) is 4.89. The molecule has 0 aliphatic carbocycles. The second kappa shape index (κ2) is 5.52. The molecule has 1 saturated heterocycles. The van der Waals surface area contributed by atoms with Gasteiger partial charge in [0.25, 0.3) is 0 Å². The Hall–Kier alpha value is 0.220. The fourth-order valence-corrected chi connectivity index (χ4v) is 4.81. The maximum atomic E-state index is 11.9. The van der Waals surface area contributed by atoms with Crippen LogP contribution in [0.3, 0.4) is 0 Å². The minimum absolute atomic E-state index is 0.0302. The topological polar surface area (TPSA) is 63.4 Å². The van der Waals surface area contributed by atoms with E-state index < -0.39 is 9.84 Å². The van der Waals surface area contributed by atoms with Gasteiger partial charge in [0.2, 0.25) is 0 Å². The van der Waals surface area contributed by atoms with Gasteiger partial charge < -0.3 is 5.73 Å². The quantitative estimate of drug-likeness (QED) is 0.771. The average molecular weight is 252 g/mol. The van der Waals surface area contributed by atoms with E-state index in [1.807, 2.05) is 11.8 Å². The molecular weight excluding hydrogens is 232 g/mol. The second-order valence-electron chi connectivity index (χ2n) is 3.95. The van der Waals surface area contributed by atoms with E-state index in [4.69, 9.17) is 5.73 Å². The molecule has 4 nitrogen and oxygen atoms in total. The summed E-state index contributed by atoms with van der Waals surface area (Å²) in [7, 11) is -2.97. The van der Waals surface area contributed by atoms with Gasteiger partial charge >= 0.3 is 0 Å². The summed E-state index contributed by atoms with van der Waals surface area (Å²) in [5.74, 6) is 1.90. The molecule has 0 radical (unpaired) electrons. The van der Waals surface area contributed by atoms with Gasteiger partial charge in [-0.05, 0) is 6.92 Å². The number of rotatable bonds is 4. The molecule has 1 rings (SSSR count). The smallest absolute Gasteiger partial charge is 0.166 e. The van der Waals surface area contributed by atoms with E-state index in [0.717, 1.165) is 12.3 Å². The van der Waals surface area contributed by atoms with Crippen molar-refractivity contribution in [3.8, 4) is 0 Å². The highest BCUT2D eigenvalue weighted by Crippen LogP contribution is 2.21. The molecular formula is C9H20N2O2S2. The fraction of sp³-hybridized carbons (Fsp3) is 1.00. The molecule has 1 aliphatic rings. The van der Waals surface area contributed by atoms with Gasteiger partial charge in [0.1, 0.15) is 5.37 Å². The number of sulfone groups is 1. The molecule has 0 saturated carbocycles. The molecule has 2 atom stereocenters. The van der Waals surface area contributed by atoms with Gasteiger partial charge in [-0.2, -0.15) is 11.8 Å². The molecule has 1 aliphatic heterocycles. The largest absolute Gasteiger partial charge is 0.327 e. The lowest BCUT2D eigenvalue weighted by Crippen LogP contribution is -2.51. The second-order valence-corrected chi connectivity index (χ2v) is 7.55. The summed E-state index contributed by atoms with van der Waals surface area (Å²) in [6.07, 6.45) is 0. The standard InChI is InChI=1S/C9H20N2O2S2/c1-3-15(12,13)9-7-14-5-4-11(9)6-8(2)10/h8-9H,3-7,10H2,1-2H3. The van der Waals surface area contributed by atoms with Crippen LogP contribution >= 0.6 is 11.8 Å². The van der Waals surface area contributed by atoms with Gasteiger partial charge in [0.05, 0.1) is 0 Å². The van der Waals surface area contributed by atoms with Crippen molar-refractivity contribution >= 4 is 21.6 Å². The van der Waals surface area contributed by atoms with Crippen LogP contribution in [0.1, 0.15) is 13.8 Å². The number of hydrogen-bond acceptors (Lipinski definition) is 5. The van der Waals surface area contributed by atoms with Crippen molar-refractivity contribution in [3.05, 3.63) is 0 Å². The molecule has 0 amide bonds. The molecule has 1 fully saturated rings.